The van der Waals surface area contributed by atoms with E-state index in [0.717, 1.165) is 11.3 Å². The van der Waals surface area contributed by atoms with Crippen LogP contribution in [0.2, 0.25) is 9.49 Å². The molecule has 0 bridgehead atoms. The average molecular weight is 292 g/mol. The maximum Gasteiger partial charge on any atom is 0.130 e. The number of rotatable bonds is 3. The van der Waals surface area contributed by atoms with Gasteiger partial charge in [0.25, 0.3) is 0 Å². The van der Waals surface area contributed by atoms with Crippen LogP contribution in [0.1, 0.15) is 22.4 Å². The van der Waals surface area contributed by atoms with Gasteiger partial charge in [0.05, 0.1) is 11.9 Å². The minimum Gasteiger partial charge on any atom is -0.386 e. The number of aryl methyl sites for hydroxylation is 2. The SMILES string of the molecule is Cc1nn(C)c(Cl)c1CC(O)c1ncc(Cl)s1. The van der Waals surface area contributed by atoms with E-state index in [1.165, 1.54) is 17.5 Å². The Morgan fingerprint density at radius 3 is 2.71 bits per heavy atom. The smallest absolute Gasteiger partial charge is 0.130 e. The molecule has 0 saturated carbocycles. The largest absolute Gasteiger partial charge is 0.386 e. The van der Waals surface area contributed by atoms with Gasteiger partial charge in [-0.2, -0.15) is 5.10 Å². The van der Waals surface area contributed by atoms with E-state index in [1.807, 2.05) is 6.92 Å². The highest BCUT2D eigenvalue weighted by molar-refractivity contribution is 7.15. The molecule has 0 aliphatic carbocycles. The molecular formula is C10H11Cl2N3OS. The van der Waals surface area contributed by atoms with Gasteiger partial charge in [0, 0.05) is 19.0 Å². The minimum atomic E-state index is -0.701. The summed E-state index contributed by atoms with van der Waals surface area (Å²) in [5.74, 6) is 0. The van der Waals surface area contributed by atoms with Crippen LogP contribution < -0.4 is 0 Å². The maximum atomic E-state index is 10.0. The normalized spacial score (nSPS) is 13.0. The van der Waals surface area contributed by atoms with E-state index in [9.17, 15) is 5.11 Å². The lowest BCUT2D eigenvalue weighted by molar-refractivity contribution is 0.178. The number of thiazole rings is 1. The van der Waals surface area contributed by atoms with Crippen molar-refractivity contribution in [2.75, 3.05) is 0 Å². The predicted octanol–water partition coefficient (Wildman–Crippen LogP) is 2.77. The number of aliphatic hydroxyl groups excluding tert-OH is 1. The summed E-state index contributed by atoms with van der Waals surface area (Å²) in [4.78, 5) is 4.04. The Hall–Kier alpha value is -0.620. The van der Waals surface area contributed by atoms with Gasteiger partial charge in [-0.3, -0.25) is 4.68 Å². The molecule has 0 fully saturated rings. The zero-order valence-corrected chi connectivity index (χ0v) is 11.6. The molecule has 2 aromatic rings. The average Bonchev–Trinajstić information content (AvgIpc) is 2.79. The lowest BCUT2D eigenvalue weighted by Crippen LogP contribution is -2.02. The molecule has 17 heavy (non-hydrogen) atoms. The summed E-state index contributed by atoms with van der Waals surface area (Å²) in [7, 11) is 1.77. The number of aromatic nitrogens is 3. The van der Waals surface area contributed by atoms with Gasteiger partial charge in [-0.1, -0.05) is 23.2 Å². The Kier molecular flexibility index (Phi) is 3.73. The molecular weight excluding hydrogens is 281 g/mol. The van der Waals surface area contributed by atoms with Gasteiger partial charge >= 0.3 is 0 Å². The predicted molar refractivity (Wildman–Crippen MR) is 68.7 cm³/mol. The molecule has 2 aromatic heterocycles. The van der Waals surface area contributed by atoms with Gasteiger partial charge in [0.2, 0.25) is 0 Å². The molecule has 2 rings (SSSR count). The molecule has 1 N–H and O–H groups in total. The van der Waals surface area contributed by atoms with Crippen LogP contribution in [0.4, 0.5) is 0 Å². The summed E-state index contributed by atoms with van der Waals surface area (Å²) in [6.45, 7) is 1.86. The first-order valence-corrected chi connectivity index (χ1v) is 6.53. The van der Waals surface area contributed by atoms with Crippen LogP contribution in [0, 0.1) is 6.92 Å². The third kappa shape index (κ3) is 2.63. The Morgan fingerprint density at radius 2 is 2.24 bits per heavy atom. The van der Waals surface area contributed by atoms with Gasteiger partial charge in [0.15, 0.2) is 0 Å². The third-order valence-corrected chi connectivity index (χ3v) is 4.14. The van der Waals surface area contributed by atoms with Crippen molar-refractivity contribution in [2.24, 2.45) is 7.05 Å². The Labute approximate surface area is 113 Å². The van der Waals surface area contributed by atoms with Crippen molar-refractivity contribution < 1.29 is 5.11 Å². The molecule has 1 unspecified atom stereocenters. The third-order valence-electron chi connectivity index (χ3n) is 2.45. The van der Waals surface area contributed by atoms with Gasteiger partial charge in [-0.05, 0) is 6.92 Å². The molecule has 0 amide bonds. The highest BCUT2D eigenvalue weighted by Crippen LogP contribution is 2.29. The summed E-state index contributed by atoms with van der Waals surface area (Å²) < 4.78 is 2.15. The van der Waals surface area contributed by atoms with E-state index in [1.54, 1.807) is 11.7 Å². The number of nitrogens with zero attached hydrogens (tertiary/aromatic N) is 3. The van der Waals surface area contributed by atoms with E-state index in [-0.39, 0.29) is 0 Å². The zero-order valence-electron chi connectivity index (χ0n) is 9.31. The molecule has 0 aromatic carbocycles. The lowest BCUT2D eigenvalue weighted by atomic mass is 10.1. The van der Waals surface area contributed by atoms with E-state index >= 15 is 0 Å². The molecule has 0 aliphatic heterocycles. The first-order chi connectivity index (χ1) is 7.99. The van der Waals surface area contributed by atoms with Crippen molar-refractivity contribution in [3.63, 3.8) is 0 Å². The first kappa shape index (κ1) is 12.8. The second-order valence-electron chi connectivity index (χ2n) is 3.70. The van der Waals surface area contributed by atoms with E-state index in [0.29, 0.717) is 20.9 Å². The molecule has 0 spiro atoms. The standard InChI is InChI=1S/C10H11Cl2N3OS/c1-5-6(9(12)15(2)14-5)3-7(16)10-13-4-8(11)17-10/h4,7,16H,3H2,1-2H3. The Morgan fingerprint density at radius 1 is 1.53 bits per heavy atom. The summed E-state index contributed by atoms with van der Waals surface area (Å²) >= 11 is 13.1. The van der Waals surface area contributed by atoms with Crippen LogP contribution in [0.3, 0.4) is 0 Å². The maximum absolute atomic E-state index is 10.0. The Bertz CT molecular complexity index is 538. The van der Waals surface area contributed by atoms with Crippen molar-refractivity contribution in [3.8, 4) is 0 Å². The van der Waals surface area contributed by atoms with Gasteiger partial charge in [-0.15, -0.1) is 11.3 Å². The van der Waals surface area contributed by atoms with Crippen molar-refractivity contribution in [3.05, 3.63) is 32.0 Å². The van der Waals surface area contributed by atoms with Gasteiger partial charge < -0.3 is 5.11 Å². The Balaban J connectivity index is 2.21. The van der Waals surface area contributed by atoms with Crippen LogP contribution in [0.25, 0.3) is 0 Å². The van der Waals surface area contributed by atoms with Gasteiger partial charge in [0.1, 0.15) is 20.6 Å². The zero-order chi connectivity index (χ0) is 12.6. The van der Waals surface area contributed by atoms with E-state index in [4.69, 9.17) is 23.2 Å². The van der Waals surface area contributed by atoms with Crippen LogP contribution in [0.15, 0.2) is 6.20 Å². The van der Waals surface area contributed by atoms with E-state index in [2.05, 4.69) is 10.1 Å². The molecule has 4 nitrogen and oxygen atoms in total. The molecule has 0 radical (unpaired) electrons. The number of hydrogen-bond acceptors (Lipinski definition) is 4. The topological polar surface area (TPSA) is 50.9 Å². The number of halogens is 2. The number of aliphatic hydroxyl groups is 1. The monoisotopic (exact) mass is 291 g/mol. The van der Waals surface area contributed by atoms with Crippen molar-refractivity contribution in [1.29, 1.82) is 0 Å². The molecule has 2 heterocycles. The molecule has 7 heteroatoms. The van der Waals surface area contributed by atoms with Gasteiger partial charge in [-0.25, -0.2) is 4.98 Å². The summed E-state index contributed by atoms with van der Waals surface area (Å²) in [5, 5.41) is 15.4. The molecule has 0 saturated heterocycles. The summed E-state index contributed by atoms with van der Waals surface area (Å²) in [6, 6.07) is 0. The second-order valence-corrected chi connectivity index (χ2v) is 5.75. The second kappa shape index (κ2) is 4.94. The van der Waals surface area contributed by atoms with Crippen LogP contribution in [-0.4, -0.2) is 19.9 Å². The summed E-state index contributed by atoms with van der Waals surface area (Å²) in [5.41, 5.74) is 1.66. The lowest BCUT2D eigenvalue weighted by Gasteiger charge is -2.06. The highest BCUT2D eigenvalue weighted by Gasteiger charge is 2.18. The fraction of sp³-hybridized carbons (Fsp3) is 0.400. The molecule has 0 aliphatic rings. The minimum absolute atomic E-state index is 0.391. The first-order valence-electron chi connectivity index (χ1n) is 4.96. The van der Waals surface area contributed by atoms with Crippen molar-refractivity contribution in [2.45, 2.75) is 19.4 Å². The van der Waals surface area contributed by atoms with Crippen LogP contribution in [-0.2, 0) is 13.5 Å². The molecule has 1 atom stereocenters. The fourth-order valence-corrected chi connectivity index (χ4v) is 2.78. The van der Waals surface area contributed by atoms with Crippen LogP contribution in [0.5, 0.6) is 0 Å². The highest BCUT2D eigenvalue weighted by atomic mass is 35.5. The van der Waals surface area contributed by atoms with Crippen molar-refractivity contribution >= 4 is 34.5 Å². The van der Waals surface area contributed by atoms with Crippen LogP contribution >= 0.6 is 34.5 Å². The molecule has 92 valence electrons. The number of hydrogen-bond donors (Lipinski definition) is 1. The van der Waals surface area contributed by atoms with Crippen molar-refractivity contribution in [1.82, 2.24) is 14.8 Å². The fourth-order valence-electron chi connectivity index (χ4n) is 1.61. The quantitative estimate of drug-likeness (QED) is 0.946. The van der Waals surface area contributed by atoms with E-state index < -0.39 is 6.10 Å². The summed E-state index contributed by atoms with van der Waals surface area (Å²) in [6.07, 6.45) is 1.22.